The van der Waals surface area contributed by atoms with Crippen LogP contribution in [0.4, 0.5) is 22.7 Å². The highest BCUT2D eigenvalue weighted by Gasteiger charge is 2.53. The third-order valence-electron chi connectivity index (χ3n) is 15.2. The number of rotatable bonds is 13. The lowest BCUT2D eigenvalue weighted by atomic mass is 9.64. The predicted molar refractivity (Wildman–Crippen MR) is 317 cm³/mol. The topological polar surface area (TPSA) is 78.4 Å². The van der Waals surface area contributed by atoms with Crippen LogP contribution in [0.15, 0.2) is 270 Å². The molecule has 10 aromatic carbocycles. The molecule has 0 saturated carbocycles. The Labute approximate surface area is 447 Å². The smallest absolute Gasteiger partial charge is 0.182 e. The van der Waals surface area contributed by atoms with Crippen LogP contribution in [0.5, 0.6) is 0 Å². The molecule has 7 heteroatoms. The van der Waals surface area contributed by atoms with Crippen molar-refractivity contribution in [2.24, 2.45) is 20.7 Å². The molecule has 76 heavy (non-hydrogen) atoms. The summed E-state index contributed by atoms with van der Waals surface area (Å²) in [7, 11) is 0. The van der Waals surface area contributed by atoms with E-state index in [0.717, 1.165) is 83.9 Å². The van der Waals surface area contributed by atoms with Crippen LogP contribution in [0.1, 0.15) is 54.9 Å². The molecule has 2 aliphatic rings. The Bertz CT molecular complexity index is 3950. The number of nitrogens with one attached hydrogen (secondary N) is 1. The Morgan fingerprint density at radius 1 is 0.579 bits per heavy atom. The lowest BCUT2D eigenvalue weighted by Gasteiger charge is -2.45. The van der Waals surface area contributed by atoms with Gasteiger partial charge in [-0.3, -0.25) is 9.98 Å². The summed E-state index contributed by atoms with van der Waals surface area (Å²) in [6.07, 6.45) is 2.52. The molecule has 1 unspecified atom stereocenters. The van der Waals surface area contributed by atoms with Crippen molar-refractivity contribution in [2.45, 2.75) is 24.0 Å². The molecule has 0 radical (unpaired) electrons. The molecular weight excluding hydrogens is 945 g/mol. The van der Waals surface area contributed by atoms with Gasteiger partial charge in [0.1, 0.15) is 5.84 Å². The van der Waals surface area contributed by atoms with Crippen molar-refractivity contribution in [1.82, 2.24) is 5.32 Å². The van der Waals surface area contributed by atoms with Gasteiger partial charge >= 0.3 is 0 Å². The number of thiophene rings is 1. The molecule has 0 fully saturated rings. The average molecular weight is 997 g/mol. The first-order chi connectivity index (χ1) is 37.5. The Hall–Kier alpha value is -9.43. The second-order valence-electron chi connectivity index (χ2n) is 19.4. The monoisotopic (exact) mass is 996 g/mol. The van der Waals surface area contributed by atoms with Gasteiger partial charge in [0.2, 0.25) is 0 Å². The number of anilines is 3. The molecule has 13 rings (SSSR count). The molecule has 0 bridgehead atoms. The number of nitrogens with zero attached hydrogens (tertiary/aromatic N) is 4. The Kier molecular flexibility index (Phi) is 11.9. The highest BCUT2D eigenvalue weighted by atomic mass is 32.1. The summed E-state index contributed by atoms with van der Waals surface area (Å²) in [6.45, 7) is 4.88. The normalized spacial score (nSPS) is 13.9. The van der Waals surface area contributed by atoms with Crippen molar-refractivity contribution in [3.63, 3.8) is 0 Å². The maximum atomic E-state index is 7.40. The van der Waals surface area contributed by atoms with E-state index in [0.29, 0.717) is 12.4 Å². The fourth-order valence-electron chi connectivity index (χ4n) is 11.8. The zero-order valence-electron chi connectivity index (χ0n) is 41.7. The highest BCUT2D eigenvalue weighted by molar-refractivity contribution is 7.19. The minimum atomic E-state index is -1.17. The van der Waals surface area contributed by atoms with Gasteiger partial charge in [-0.05, 0) is 98.8 Å². The number of fused-ring (bicyclic) bond motifs is 10. The minimum Gasteiger partial charge on any atom is -0.383 e. The van der Waals surface area contributed by atoms with Crippen LogP contribution >= 0.6 is 11.3 Å². The van der Waals surface area contributed by atoms with Crippen molar-refractivity contribution in [2.75, 3.05) is 4.90 Å². The molecular formula is C69H52N6S. The van der Waals surface area contributed by atoms with Gasteiger partial charge in [0.15, 0.2) is 5.66 Å². The SMILES string of the molecule is C=NC(NC=NCc1ccccc1)(c1ccccc1)c1cccc2c1-c1cc(C(N)=Nc3c(Cc4ccc(-c5ccccc5)cc4)sc4ccccc34)ccc1C21c2ccccc2N(c2ccccc2)c2ccccc21. The summed E-state index contributed by atoms with van der Waals surface area (Å²) >= 11 is 1.78. The van der Waals surface area contributed by atoms with Gasteiger partial charge in [0.05, 0.1) is 35.4 Å². The largest absolute Gasteiger partial charge is 0.383 e. The van der Waals surface area contributed by atoms with Gasteiger partial charge in [-0.25, -0.2) is 4.99 Å². The van der Waals surface area contributed by atoms with E-state index in [1.165, 1.54) is 32.5 Å². The van der Waals surface area contributed by atoms with Gasteiger partial charge in [-0.2, -0.15) is 0 Å². The van der Waals surface area contributed by atoms with Crippen LogP contribution in [-0.4, -0.2) is 18.9 Å². The van der Waals surface area contributed by atoms with Crippen LogP contribution in [0.3, 0.4) is 0 Å². The summed E-state index contributed by atoms with van der Waals surface area (Å²) in [5.41, 5.74) is 23.8. The van der Waals surface area contributed by atoms with E-state index in [2.05, 4.69) is 247 Å². The molecule has 0 amide bonds. The van der Waals surface area contributed by atoms with Crippen molar-refractivity contribution >= 4 is 63.1 Å². The van der Waals surface area contributed by atoms with Gasteiger partial charge in [-0.15, -0.1) is 11.3 Å². The van der Waals surface area contributed by atoms with Gasteiger partial charge in [-0.1, -0.05) is 218 Å². The number of nitrogens with two attached hydrogens (primary N) is 1. The van der Waals surface area contributed by atoms with E-state index in [1.54, 1.807) is 17.7 Å². The van der Waals surface area contributed by atoms with Crippen molar-refractivity contribution < 1.29 is 0 Å². The van der Waals surface area contributed by atoms with Gasteiger partial charge in [0, 0.05) is 43.8 Å². The first-order valence-electron chi connectivity index (χ1n) is 25.7. The highest BCUT2D eigenvalue weighted by Crippen LogP contribution is 2.64. The van der Waals surface area contributed by atoms with Crippen LogP contribution < -0.4 is 16.0 Å². The molecule has 0 saturated heterocycles. The molecule has 1 aliphatic carbocycles. The van der Waals surface area contributed by atoms with E-state index in [4.69, 9.17) is 20.7 Å². The second kappa shape index (κ2) is 19.4. The maximum absolute atomic E-state index is 7.40. The standard InChI is InChI=1S/C69H52N6S/c1-71-69(52-25-10-4-11-26-52,73-46-72-45-48-21-6-2-7-22-48)60-33-20-32-59-65(60)55-44-51(41-42-56(55)68(59)57-30-15-17-34-61(57)75(53-27-12-5-13-28-53)62-35-18-16-31-58(62)68)67(70)74-66-54-29-14-19-36-63(54)76-64(66)43-47-37-39-50(40-38-47)49-23-8-3-9-24-49/h2-42,44,46H,1,43,45H2,(H2,70,74)(H,72,73). The molecule has 1 aromatic heterocycles. The zero-order valence-corrected chi connectivity index (χ0v) is 42.5. The Morgan fingerprint density at radius 3 is 1.89 bits per heavy atom. The summed E-state index contributed by atoms with van der Waals surface area (Å²) in [4.78, 5) is 19.0. The van der Waals surface area contributed by atoms with E-state index in [1.807, 2.05) is 24.3 Å². The minimum absolute atomic E-state index is 0.439. The first kappa shape index (κ1) is 46.4. The number of hydrogen-bond acceptors (Lipinski definition) is 5. The van der Waals surface area contributed by atoms with Crippen LogP contribution in [0, 0.1) is 0 Å². The van der Waals surface area contributed by atoms with E-state index >= 15 is 0 Å². The zero-order chi connectivity index (χ0) is 51.1. The fourth-order valence-corrected chi connectivity index (χ4v) is 12.9. The number of para-hydroxylation sites is 3. The Balaban J connectivity index is 1.02. The molecule has 2 heterocycles. The fraction of sp³-hybridized carbons (Fsp3) is 0.0580. The molecule has 3 N–H and O–H groups in total. The molecule has 1 aliphatic heterocycles. The quantitative estimate of drug-likeness (QED) is 0.0892. The molecule has 1 atom stereocenters. The molecule has 11 aromatic rings. The van der Waals surface area contributed by atoms with Crippen LogP contribution in [0.25, 0.3) is 32.3 Å². The number of amidine groups is 1. The van der Waals surface area contributed by atoms with E-state index in [9.17, 15) is 0 Å². The second-order valence-corrected chi connectivity index (χ2v) is 20.5. The third kappa shape index (κ3) is 7.74. The van der Waals surface area contributed by atoms with Crippen LogP contribution in [0.2, 0.25) is 0 Å². The third-order valence-corrected chi connectivity index (χ3v) is 16.3. The lowest BCUT2D eigenvalue weighted by Crippen LogP contribution is -2.42. The van der Waals surface area contributed by atoms with Crippen molar-refractivity contribution in [3.8, 4) is 22.3 Å². The van der Waals surface area contributed by atoms with E-state index in [-0.39, 0.29) is 0 Å². The Morgan fingerprint density at radius 2 is 1.18 bits per heavy atom. The summed E-state index contributed by atoms with van der Waals surface area (Å²) < 4.78 is 1.17. The summed E-state index contributed by atoms with van der Waals surface area (Å²) in [5.74, 6) is 0.439. The predicted octanol–water partition coefficient (Wildman–Crippen LogP) is 16.1. The number of hydrogen-bond donors (Lipinski definition) is 2. The molecule has 1 spiro atoms. The van der Waals surface area contributed by atoms with E-state index < -0.39 is 11.1 Å². The lowest BCUT2D eigenvalue weighted by molar-refractivity contribution is 0.513. The average Bonchev–Trinajstić information content (AvgIpc) is 4.09. The summed E-state index contributed by atoms with van der Waals surface area (Å²) in [5, 5.41) is 4.84. The van der Waals surface area contributed by atoms with Crippen molar-refractivity contribution in [3.05, 3.63) is 310 Å². The van der Waals surface area contributed by atoms with Crippen LogP contribution in [-0.2, 0) is 24.0 Å². The van der Waals surface area contributed by atoms with Crippen molar-refractivity contribution in [1.29, 1.82) is 0 Å². The van der Waals surface area contributed by atoms with Gasteiger partial charge in [0.25, 0.3) is 0 Å². The maximum Gasteiger partial charge on any atom is 0.182 e. The first-order valence-corrected chi connectivity index (χ1v) is 26.5. The number of aliphatic imine (C=N–C) groups is 3. The molecule has 364 valence electrons. The number of benzene rings is 10. The summed E-state index contributed by atoms with van der Waals surface area (Å²) in [6, 6.07) is 90.4. The van der Waals surface area contributed by atoms with Gasteiger partial charge < -0.3 is 16.0 Å². The molecule has 6 nitrogen and oxygen atoms in total.